The number of hydrogen-bond donors (Lipinski definition) is 2. The van der Waals surface area contributed by atoms with Crippen molar-refractivity contribution in [3.05, 3.63) is 40.7 Å². The molecule has 1 aromatic carbocycles. The molecule has 1 atom stereocenters. The number of halogens is 1. The molecule has 1 heterocycles. The van der Waals surface area contributed by atoms with E-state index in [4.69, 9.17) is 11.6 Å². The number of aromatic nitrogens is 3. The normalized spacial score (nSPS) is 12.4. The van der Waals surface area contributed by atoms with Crippen LogP contribution < -0.4 is 5.32 Å². The first-order chi connectivity index (χ1) is 10.9. The smallest absolute Gasteiger partial charge is 0.273 e. The van der Waals surface area contributed by atoms with E-state index in [2.05, 4.69) is 15.6 Å². The molecule has 1 unspecified atom stereocenters. The summed E-state index contributed by atoms with van der Waals surface area (Å²) >= 11 is 6.01. The Hall–Kier alpha value is -1.92. The van der Waals surface area contributed by atoms with Crippen LogP contribution in [0.2, 0.25) is 5.02 Å². The molecular formula is C16H21ClN4O2. The van der Waals surface area contributed by atoms with Crippen LogP contribution in [-0.4, -0.2) is 38.7 Å². The van der Waals surface area contributed by atoms with Gasteiger partial charge >= 0.3 is 0 Å². The maximum atomic E-state index is 12.3. The van der Waals surface area contributed by atoms with Crippen molar-refractivity contribution in [2.75, 3.05) is 6.54 Å². The Morgan fingerprint density at radius 1 is 1.43 bits per heavy atom. The first kappa shape index (κ1) is 17.4. The summed E-state index contributed by atoms with van der Waals surface area (Å²) in [5.74, 6) is -0.266. The van der Waals surface area contributed by atoms with E-state index < -0.39 is 6.10 Å². The number of amides is 1. The van der Waals surface area contributed by atoms with Crippen molar-refractivity contribution in [2.24, 2.45) is 5.92 Å². The molecule has 0 saturated heterocycles. The molecule has 0 bridgehead atoms. The molecule has 0 spiro atoms. The Bertz CT molecular complexity index is 684. The minimum absolute atomic E-state index is 0.0723. The second-order valence-corrected chi connectivity index (χ2v) is 6.09. The van der Waals surface area contributed by atoms with Gasteiger partial charge in [-0.15, -0.1) is 5.10 Å². The molecular weight excluding hydrogens is 316 g/mol. The molecule has 0 aliphatic heterocycles. The third kappa shape index (κ3) is 4.09. The third-order valence-electron chi connectivity index (χ3n) is 3.61. The summed E-state index contributed by atoms with van der Waals surface area (Å²) in [4.78, 5) is 12.3. The lowest BCUT2D eigenvalue weighted by atomic mass is 10.1. The Morgan fingerprint density at radius 2 is 2.17 bits per heavy atom. The predicted octanol–water partition coefficient (Wildman–Crippen LogP) is 2.23. The van der Waals surface area contributed by atoms with Crippen LogP contribution in [-0.2, 0) is 6.42 Å². The monoisotopic (exact) mass is 336 g/mol. The van der Waals surface area contributed by atoms with Gasteiger partial charge < -0.3 is 10.4 Å². The summed E-state index contributed by atoms with van der Waals surface area (Å²) in [5, 5.41) is 21.1. The highest BCUT2D eigenvalue weighted by atomic mass is 35.5. The molecule has 0 aliphatic rings. The molecule has 124 valence electrons. The Balaban J connectivity index is 2.22. The predicted molar refractivity (Wildman–Crippen MR) is 88.9 cm³/mol. The van der Waals surface area contributed by atoms with Crippen LogP contribution in [0.3, 0.4) is 0 Å². The van der Waals surface area contributed by atoms with Gasteiger partial charge in [0.05, 0.1) is 17.5 Å². The van der Waals surface area contributed by atoms with Crippen molar-refractivity contribution >= 4 is 17.5 Å². The minimum Gasteiger partial charge on any atom is -0.391 e. The molecule has 7 heteroatoms. The standard InChI is InChI=1S/C16H21ClN4O2/c1-4-13-15(16(23)18-9-14(22)10(2)3)19-20-21(13)12-7-5-6-11(17)8-12/h5-8,10,14,22H,4,9H2,1-3H3,(H,18,23). The molecule has 6 nitrogen and oxygen atoms in total. The number of nitrogens with zero attached hydrogens (tertiary/aromatic N) is 3. The van der Waals surface area contributed by atoms with Gasteiger partial charge in [0.1, 0.15) is 0 Å². The number of carbonyl (C=O) groups excluding carboxylic acids is 1. The van der Waals surface area contributed by atoms with Gasteiger partial charge in [-0.1, -0.05) is 43.7 Å². The number of carbonyl (C=O) groups is 1. The summed E-state index contributed by atoms with van der Waals surface area (Å²) in [5.41, 5.74) is 1.72. The molecule has 2 N–H and O–H groups in total. The molecule has 0 aliphatic carbocycles. The van der Waals surface area contributed by atoms with Crippen LogP contribution in [0.5, 0.6) is 0 Å². The molecule has 0 saturated carbocycles. The van der Waals surface area contributed by atoms with E-state index in [1.165, 1.54) is 0 Å². The Morgan fingerprint density at radius 3 is 2.78 bits per heavy atom. The Labute approximate surface area is 140 Å². The molecule has 2 rings (SSSR count). The fourth-order valence-electron chi connectivity index (χ4n) is 2.13. The third-order valence-corrected chi connectivity index (χ3v) is 3.84. The summed E-state index contributed by atoms with van der Waals surface area (Å²) in [7, 11) is 0. The summed E-state index contributed by atoms with van der Waals surface area (Å²) in [6.07, 6.45) is 0.00152. The molecule has 2 aromatic rings. The first-order valence-corrected chi connectivity index (χ1v) is 7.98. The van der Waals surface area contributed by atoms with Crippen LogP contribution in [0.15, 0.2) is 24.3 Å². The molecule has 0 radical (unpaired) electrons. The van der Waals surface area contributed by atoms with E-state index in [0.29, 0.717) is 17.1 Å². The maximum Gasteiger partial charge on any atom is 0.273 e. The van der Waals surface area contributed by atoms with Crippen LogP contribution in [0.1, 0.15) is 37.0 Å². The average molecular weight is 337 g/mol. The van der Waals surface area contributed by atoms with E-state index in [9.17, 15) is 9.90 Å². The number of aliphatic hydroxyl groups excluding tert-OH is 1. The van der Waals surface area contributed by atoms with Gasteiger partial charge in [0, 0.05) is 11.6 Å². The van der Waals surface area contributed by atoms with E-state index in [1.54, 1.807) is 16.8 Å². The summed E-state index contributed by atoms with van der Waals surface area (Å²) in [6, 6.07) is 7.20. The van der Waals surface area contributed by atoms with Crippen molar-refractivity contribution in [1.82, 2.24) is 20.3 Å². The van der Waals surface area contributed by atoms with Gasteiger partial charge in [0.15, 0.2) is 5.69 Å². The number of rotatable bonds is 6. The zero-order chi connectivity index (χ0) is 17.0. The highest BCUT2D eigenvalue weighted by Gasteiger charge is 2.20. The lowest BCUT2D eigenvalue weighted by Gasteiger charge is -2.14. The summed E-state index contributed by atoms with van der Waals surface area (Å²) < 4.78 is 1.61. The zero-order valence-electron chi connectivity index (χ0n) is 13.5. The fourth-order valence-corrected chi connectivity index (χ4v) is 2.31. The largest absolute Gasteiger partial charge is 0.391 e. The highest BCUT2D eigenvalue weighted by Crippen LogP contribution is 2.17. The minimum atomic E-state index is -0.591. The lowest BCUT2D eigenvalue weighted by molar-refractivity contribution is 0.0866. The highest BCUT2D eigenvalue weighted by molar-refractivity contribution is 6.30. The van der Waals surface area contributed by atoms with Crippen LogP contribution in [0.25, 0.3) is 5.69 Å². The zero-order valence-corrected chi connectivity index (χ0v) is 14.2. The van der Waals surface area contributed by atoms with Crippen LogP contribution in [0.4, 0.5) is 0 Å². The SMILES string of the molecule is CCc1c(C(=O)NCC(O)C(C)C)nnn1-c1cccc(Cl)c1. The number of benzene rings is 1. The second kappa shape index (κ2) is 7.57. The number of nitrogens with one attached hydrogen (secondary N) is 1. The second-order valence-electron chi connectivity index (χ2n) is 5.65. The number of hydrogen-bond acceptors (Lipinski definition) is 4. The topological polar surface area (TPSA) is 80.0 Å². The first-order valence-electron chi connectivity index (χ1n) is 7.60. The van der Waals surface area contributed by atoms with Gasteiger partial charge in [-0.2, -0.15) is 0 Å². The van der Waals surface area contributed by atoms with E-state index in [0.717, 1.165) is 5.69 Å². The van der Waals surface area contributed by atoms with Gasteiger partial charge in [-0.25, -0.2) is 4.68 Å². The van der Waals surface area contributed by atoms with Crippen molar-refractivity contribution in [3.8, 4) is 5.69 Å². The van der Waals surface area contributed by atoms with Gasteiger partial charge in [-0.05, 0) is 30.5 Å². The fraction of sp³-hybridized carbons (Fsp3) is 0.438. The van der Waals surface area contributed by atoms with Crippen molar-refractivity contribution in [2.45, 2.75) is 33.3 Å². The van der Waals surface area contributed by atoms with E-state index in [1.807, 2.05) is 32.9 Å². The van der Waals surface area contributed by atoms with Crippen molar-refractivity contribution < 1.29 is 9.90 Å². The molecule has 0 fully saturated rings. The molecule has 23 heavy (non-hydrogen) atoms. The number of aliphatic hydroxyl groups is 1. The van der Waals surface area contributed by atoms with Crippen molar-refractivity contribution in [3.63, 3.8) is 0 Å². The van der Waals surface area contributed by atoms with E-state index >= 15 is 0 Å². The lowest BCUT2D eigenvalue weighted by Crippen LogP contribution is -2.35. The van der Waals surface area contributed by atoms with Crippen LogP contribution >= 0.6 is 11.6 Å². The summed E-state index contributed by atoms with van der Waals surface area (Å²) in [6.45, 7) is 5.90. The van der Waals surface area contributed by atoms with E-state index in [-0.39, 0.29) is 24.1 Å². The molecule has 1 aromatic heterocycles. The van der Waals surface area contributed by atoms with Gasteiger partial charge in [0.2, 0.25) is 0 Å². The van der Waals surface area contributed by atoms with Gasteiger partial charge in [-0.3, -0.25) is 4.79 Å². The van der Waals surface area contributed by atoms with Crippen molar-refractivity contribution in [1.29, 1.82) is 0 Å². The molecule has 1 amide bonds. The average Bonchev–Trinajstić information content (AvgIpc) is 2.96. The van der Waals surface area contributed by atoms with Gasteiger partial charge in [0.25, 0.3) is 5.91 Å². The maximum absolute atomic E-state index is 12.3. The quantitative estimate of drug-likeness (QED) is 0.847. The van der Waals surface area contributed by atoms with Crippen LogP contribution in [0, 0.1) is 5.92 Å². The Kier molecular flexibility index (Phi) is 5.74.